The monoisotopic (exact) mass is 352 g/mol. The molecule has 6 heteroatoms. The number of carbonyl (C=O) groups is 1. The SMILES string of the molecule is COC(CN)CC(=O)Nc1cccc(F)c1I. The molecule has 4 nitrogen and oxygen atoms in total. The number of methoxy groups -OCH3 is 1. The summed E-state index contributed by atoms with van der Waals surface area (Å²) in [6.07, 6.45) is -0.166. The first kappa shape index (κ1) is 14.3. The van der Waals surface area contributed by atoms with Crippen LogP contribution in [0.4, 0.5) is 10.1 Å². The summed E-state index contributed by atoms with van der Waals surface area (Å²) in [5.74, 6) is -0.601. The molecule has 0 aliphatic heterocycles. The molecule has 0 aliphatic rings. The van der Waals surface area contributed by atoms with Crippen LogP contribution in [0.5, 0.6) is 0 Å². The maximum Gasteiger partial charge on any atom is 0.227 e. The highest BCUT2D eigenvalue weighted by Crippen LogP contribution is 2.21. The van der Waals surface area contributed by atoms with Crippen molar-refractivity contribution in [3.63, 3.8) is 0 Å². The molecule has 3 N–H and O–H groups in total. The zero-order chi connectivity index (χ0) is 12.8. The first-order valence-corrected chi connectivity index (χ1v) is 6.13. The molecule has 17 heavy (non-hydrogen) atoms. The Kier molecular flexibility index (Phi) is 5.79. The van der Waals surface area contributed by atoms with Crippen molar-refractivity contribution in [2.75, 3.05) is 19.0 Å². The molecule has 0 spiro atoms. The van der Waals surface area contributed by atoms with E-state index in [1.165, 1.54) is 13.2 Å². The lowest BCUT2D eigenvalue weighted by molar-refractivity contribution is -0.118. The average molecular weight is 352 g/mol. The van der Waals surface area contributed by atoms with E-state index in [2.05, 4.69) is 5.32 Å². The second-order valence-electron chi connectivity index (χ2n) is 3.45. The molecule has 0 bridgehead atoms. The van der Waals surface area contributed by atoms with Crippen LogP contribution in [-0.4, -0.2) is 25.7 Å². The summed E-state index contributed by atoms with van der Waals surface area (Å²) < 4.78 is 18.6. The van der Waals surface area contributed by atoms with E-state index in [4.69, 9.17) is 10.5 Å². The van der Waals surface area contributed by atoms with E-state index in [1.807, 2.05) is 22.6 Å². The molecule has 1 atom stereocenters. The fourth-order valence-electron chi connectivity index (χ4n) is 1.27. The molecule has 0 saturated carbocycles. The highest BCUT2D eigenvalue weighted by molar-refractivity contribution is 14.1. The number of benzene rings is 1. The number of ether oxygens (including phenoxy) is 1. The Balaban J connectivity index is 2.65. The zero-order valence-corrected chi connectivity index (χ0v) is 11.5. The fourth-order valence-corrected chi connectivity index (χ4v) is 1.77. The number of hydrogen-bond acceptors (Lipinski definition) is 3. The van der Waals surface area contributed by atoms with Gasteiger partial charge in [-0.15, -0.1) is 0 Å². The fraction of sp³-hybridized carbons (Fsp3) is 0.364. The number of amides is 1. The van der Waals surface area contributed by atoms with Crippen LogP contribution in [0, 0.1) is 9.39 Å². The lowest BCUT2D eigenvalue weighted by atomic mass is 10.2. The molecule has 1 unspecified atom stereocenters. The summed E-state index contributed by atoms with van der Waals surface area (Å²) in [7, 11) is 1.50. The predicted octanol–water partition coefficient (Wildman–Crippen LogP) is 1.73. The van der Waals surface area contributed by atoms with Crippen molar-refractivity contribution in [2.45, 2.75) is 12.5 Å². The van der Waals surface area contributed by atoms with Crippen molar-refractivity contribution in [3.8, 4) is 0 Å². The third kappa shape index (κ3) is 4.21. The quantitative estimate of drug-likeness (QED) is 0.794. The zero-order valence-electron chi connectivity index (χ0n) is 9.37. The van der Waals surface area contributed by atoms with E-state index in [0.29, 0.717) is 9.26 Å². The Morgan fingerprint density at radius 2 is 2.35 bits per heavy atom. The van der Waals surface area contributed by atoms with Crippen LogP contribution < -0.4 is 11.1 Å². The van der Waals surface area contributed by atoms with Gasteiger partial charge in [0.1, 0.15) is 5.82 Å². The van der Waals surface area contributed by atoms with Crippen LogP contribution in [0.25, 0.3) is 0 Å². The van der Waals surface area contributed by atoms with Gasteiger partial charge < -0.3 is 15.8 Å². The van der Waals surface area contributed by atoms with Crippen molar-refractivity contribution in [1.82, 2.24) is 0 Å². The molecule has 0 saturated heterocycles. The van der Waals surface area contributed by atoms with Gasteiger partial charge in [-0.2, -0.15) is 0 Å². The highest BCUT2D eigenvalue weighted by atomic mass is 127. The number of hydrogen-bond donors (Lipinski definition) is 2. The minimum Gasteiger partial charge on any atom is -0.380 e. The van der Waals surface area contributed by atoms with Crippen molar-refractivity contribution in [3.05, 3.63) is 27.6 Å². The van der Waals surface area contributed by atoms with Crippen molar-refractivity contribution < 1.29 is 13.9 Å². The molecule has 0 fully saturated rings. The Bertz CT molecular complexity index is 397. The first-order chi connectivity index (χ1) is 8.08. The van der Waals surface area contributed by atoms with E-state index >= 15 is 0 Å². The summed E-state index contributed by atoms with van der Waals surface area (Å²) in [5, 5.41) is 2.63. The number of anilines is 1. The standard InChI is InChI=1S/C11H14FIN2O2/c1-17-7(6-14)5-10(16)15-9-4-2-3-8(12)11(9)13/h2-4,7H,5-6,14H2,1H3,(H,15,16). The second-order valence-corrected chi connectivity index (χ2v) is 4.53. The molecule has 1 rings (SSSR count). The van der Waals surface area contributed by atoms with Crippen LogP contribution in [0.3, 0.4) is 0 Å². The van der Waals surface area contributed by atoms with E-state index in [9.17, 15) is 9.18 Å². The molecular formula is C11H14FIN2O2. The molecule has 0 aliphatic carbocycles. The van der Waals surface area contributed by atoms with Crippen molar-refractivity contribution in [1.29, 1.82) is 0 Å². The summed E-state index contributed by atoms with van der Waals surface area (Å²) in [6, 6.07) is 4.53. The van der Waals surface area contributed by atoms with Gasteiger partial charge in [-0.3, -0.25) is 4.79 Å². The summed E-state index contributed by atoms with van der Waals surface area (Å²) in [4.78, 5) is 11.6. The molecular weight excluding hydrogens is 338 g/mol. The third-order valence-electron chi connectivity index (χ3n) is 2.23. The molecule has 94 valence electrons. The molecule has 0 heterocycles. The van der Waals surface area contributed by atoms with Crippen molar-refractivity contribution in [2.24, 2.45) is 5.73 Å². The molecule has 0 aromatic heterocycles. The largest absolute Gasteiger partial charge is 0.380 e. The van der Waals surface area contributed by atoms with E-state index in [-0.39, 0.29) is 30.8 Å². The normalized spacial score (nSPS) is 12.2. The Hall–Kier alpha value is -0.730. The lowest BCUT2D eigenvalue weighted by Crippen LogP contribution is -2.28. The van der Waals surface area contributed by atoms with Crippen LogP contribution in [0.2, 0.25) is 0 Å². The van der Waals surface area contributed by atoms with E-state index in [1.54, 1.807) is 12.1 Å². The van der Waals surface area contributed by atoms with Crippen LogP contribution in [0.1, 0.15) is 6.42 Å². The average Bonchev–Trinajstić information content (AvgIpc) is 2.32. The van der Waals surface area contributed by atoms with Gasteiger partial charge in [-0.25, -0.2) is 4.39 Å². The minimum atomic E-state index is -0.356. The van der Waals surface area contributed by atoms with Gasteiger partial charge in [0.2, 0.25) is 5.91 Å². The third-order valence-corrected chi connectivity index (χ3v) is 3.33. The van der Waals surface area contributed by atoms with Gasteiger partial charge in [0.15, 0.2) is 0 Å². The van der Waals surface area contributed by atoms with Gasteiger partial charge in [0, 0.05) is 13.7 Å². The number of nitrogens with one attached hydrogen (secondary N) is 1. The van der Waals surface area contributed by atoms with Crippen LogP contribution >= 0.6 is 22.6 Å². The smallest absolute Gasteiger partial charge is 0.227 e. The summed E-state index contributed by atoms with van der Waals surface area (Å²) in [6.45, 7) is 0.268. The lowest BCUT2D eigenvalue weighted by Gasteiger charge is -2.13. The van der Waals surface area contributed by atoms with Gasteiger partial charge in [-0.1, -0.05) is 6.07 Å². The molecule has 1 aromatic carbocycles. The number of rotatable bonds is 5. The Labute approximate surface area is 113 Å². The van der Waals surface area contributed by atoms with E-state index in [0.717, 1.165) is 0 Å². The Morgan fingerprint density at radius 3 is 2.94 bits per heavy atom. The van der Waals surface area contributed by atoms with Crippen molar-refractivity contribution >= 4 is 34.2 Å². The van der Waals surface area contributed by atoms with Crippen LogP contribution in [0.15, 0.2) is 18.2 Å². The molecule has 0 radical (unpaired) electrons. The maximum atomic E-state index is 13.2. The maximum absolute atomic E-state index is 13.2. The number of halogens is 2. The van der Waals surface area contributed by atoms with E-state index < -0.39 is 0 Å². The molecule has 1 amide bonds. The van der Waals surface area contributed by atoms with Crippen LogP contribution in [-0.2, 0) is 9.53 Å². The van der Waals surface area contributed by atoms with Gasteiger partial charge in [-0.05, 0) is 34.7 Å². The second kappa shape index (κ2) is 6.87. The molecule has 1 aromatic rings. The minimum absolute atomic E-state index is 0.152. The topological polar surface area (TPSA) is 64.3 Å². The summed E-state index contributed by atoms with van der Waals surface area (Å²) >= 11 is 1.84. The van der Waals surface area contributed by atoms with Gasteiger partial charge >= 0.3 is 0 Å². The van der Waals surface area contributed by atoms with Gasteiger partial charge in [0.25, 0.3) is 0 Å². The number of nitrogens with two attached hydrogens (primary N) is 1. The Morgan fingerprint density at radius 1 is 1.65 bits per heavy atom. The first-order valence-electron chi connectivity index (χ1n) is 5.05. The predicted molar refractivity (Wildman–Crippen MR) is 72.2 cm³/mol. The summed E-state index contributed by atoms with van der Waals surface area (Å²) in [5.41, 5.74) is 5.87. The van der Waals surface area contributed by atoms with Gasteiger partial charge in [0.05, 0.1) is 21.8 Å². The highest BCUT2D eigenvalue weighted by Gasteiger charge is 2.13. The number of carbonyl (C=O) groups excluding carboxylic acids is 1.